The number of benzene rings is 1. The summed E-state index contributed by atoms with van der Waals surface area (Å²) in [6.07, 6.45) is 4.40. The van der Waals surface area contributed by atoms with Crippen LogP contribution in [0.15, 0.2) is 42.7 Å². The number of hydrogen-bond acceptors (Lipinski definition) is 3. The van der Waals surface area contributed by atoms with Crippen LogP contribution in [0.5, 0.6) is 5.75 Å². The molecule has 0 fully saturated rings. The van der Waals surface area contributed by atoms with Crippen molar-refractivity contribution in [2.75, 3.05) is 7.11 Å². The van der Waals surface area contributed by atoms with Gasteiger partial charge in [-0.1, -0.05) is 6.07 Å². The minimum absolute atomic E-state index is 0.00157. The lowest BCUT2D eigenvalue weighted by Gasteiger charge is -2.15. The summed E-state index contributed by atoms with van der Waals surface area (Å²) in [6.45, 7) is 2.06. The van der Waals surface area contributed by atoms with Gasteiger partial charge in [0, 0.05) is 18.4 Å². The lowest BCUT2D eigenvalue weighted by atomic mass is 9.96. The Morgan fingerprint density at radius 3 is 2.56 bits per heavy atom. The number of nitrogens with two attached hydrogens (primary N) is 1. The zero-order chi connectivity index (χ0) is 13.0. The van der Waals surface area contributed by atoms with E-state index in [4.69, 9.17) is 10.5 Å². The van der Waals surface area contributed by atoms with Gasteiger partial charge in [-0.05, 0) is 54.3 Å². The zero-order valence-electron chi connectivity index (χ0n) is 10.8. The quantitative estimate of drug-likeness (QED) is 0.896. The van der Waals surface area contributed by atoms with Crippen LogP contribution in [-0.2, 0) is 6.42 Å². The predicted molar refractivity (Wildman–Crippen MR) is 72.6 cm³/mol. The van der Waals surface area contributed by atoms with Gasteiger partial charge in [0.25, 0.3) is 0 Å². The van der Waals surface area contributed by atoms with Gasteiger partial charge in [0.1, 0.15) is 5.75 Å². The van der Waals surface area contributed by atoms with E-state index < -0.39 is 0 Å². The molecule has 18 heavy (non-hydrogen) atoms. The van der Waals surface area contributed by atoms with Gasteiger partial charge in [-0.15, -0.1) is 0 Å². The maximum atomic E-state index is 6.26. The van der Waals surface area contributed by atoms with Crippen molar-refractivity contribution in [2.24, 2.45) is 5.73 Å². The van der Waals surface area contributed by atoms with Gasteiger partial charge < -0.3 is 10.5 Å². The largest absolute Gasteiger partial charge is 0.497 e. The molecule has 0 radical (unpaired) electrons. The van der Waals surface area contributed by atoms with Crippen molar-refractivity contribution in [1.82, 2.24) is 4.98 Å². The lowest BCUT2D eigenvalue weighted by molar-refractivity contribution is 0.414. The van der Waals surface area contributed by atoms with Crippen LogP contribution in [0.3, 0.4) is 0 Å². The molecule has 2 rings (SSSR count). The Bertz CT molecular complexity index is 511. The summed E-state index contributed by atoms with van der Waals surface area (Å²) in [7, 11) is 1.67. The minimum atomic E-state index is -0.00157. The summed E-state index contributed by atoms with van der Waals surface area (Å²) in [5.74, 6) is 0.868. The van der Waals surface area contributed by atoms with Crippen LogP contribution >= 0.6 is 0 Å². The van der Waals surface area contributed by atoms with Crippen molar-refractivity contribution in [1.29, 1.82) is 0 Å². The van der Waals surface area contributed by atoms with E-state index in [2.05, 4.69) is 11.9 Å². The molecule has 0 amide bonds. The maximum Gasteiger partial charge on any atom is 0.119 e. The summed E-state index contributed by atoms with van der Waals surface area (Å²) >= 11 is 0. The fraction of sp³-hybridized carbons (Fsp3) is 0.267. The Hall–Kier alpha value is -1.87. The fourth-order valence-electron chi connectivity index (χ4n) is 2.07. The van der Waals surface area contributed by atoms with Gasteiger partial charge in [0.15, 0.2) is 0 Å². The highest BCUT2D eigenvalue weighted by Crippen LogP contribution is 2.23. The highest BCUT2D eigenvalue weighted by atomic mass is 16.5. The first-order valence-corrected chi connectivity index (χ1v) is 5.99. The fourth-order valence-corrected chi connectivity index (χ4v) is 2.07. The van der Waals surface area contributed by atoms with Crippen LogP contribution in [0.1, 0.15) is 22.7 Å². The number of pyridine rings is 1. The van der Waals surface area contributed by atoms with E-state index >= 15 is 0 Å². The molecule has 1 aromatic carbocycles. The summed E-state index contributed by atoms with van der Waals surface area (Å²) in [6, 6.07) is 10.0. The van der Waals surface area contributed by atoms with E-state index in [1.165, 1.54) is 5.56 Å². The maximum absolute atomic E-state index is 6.26. The number of rotatable bonds is 4. The van der Waals surface area contributed by atoms with Crippen molar-refractivity contribution in [3.63, 3.8) is 0 Å². The van der Waals surface area contributed by atoms with Gasteiger partial charge in [0.2, 0.25) is 0 Å². The average molecular weight is 242 g/mol. The first-order chi connectivity index (χ1) is 8.70. The topological polar surface area (TPSA) is 48.1 Å². The Morgan fingerprint density at radius 1 is 1.22 bits per heavy atom. The zero-order valence-corrected chi connectivity index (χ0v) is 10.8. The smallest absolute Gasteiger partial charge is 0.119 e. The van der Waals surface area contributed by atoms with Crippen LogP contribution in [0.25, 0.3) is 0 Å². The molecule has 0 spiro atoms. The first kappa shape index (κ1) is 12.6. The Balaban J connectivity index is 2.16. The van der Waals surface area contributed by atoms with E-state index in [1.54, 1.807) is 19.5 Å². The Morgan fingerprint density at radius 2 is 1.94 bits per heavy atom. The van der Waals surface area contributed by atoms with Gasteiger partial charge in [-0.25, -0.2) is 0 Å². The molecule has 3 nitrogen and oxygen atoms in total. The molecule has 94 valence electrons. The van der Waals surface area contributed by atoms with Gasteiger partial charge in [-0.3, -0.25) is 4.98 Å². The van der Waals surface area contributed by atoms with Crippen molar-refractivity contribution >= 4 is 0 Å². The number of aromatic nitrogens is 1. The molecule has 0 saturated carbocycles. The van der Waals surface area contributed by atoms with Gasteiger partial charge in [0.05, 0.1) is 7.11 Å². The molecule has 0 aliphatic carbocycles. The van der Waals surface area contributed by atoms with E-state index in [1.807, 2.05) is 30.3 Å². The molecule has 1 atom stereocenters. The van der Waals surface area contributed by atoms with E-state index in [0.29, 0.717) is 0 Å². The normalized spacial score (nSPS) is 12.2. The number of ether oxygens (including phenoxy) is 1. The van der Waals surface area contributed by atoms with E-state index in [0.717, 1.165) is 23.3 Å². The van der Waals surface area contributed by atoms with Crippen LogP contribution < -0.4 is 10.5 Å². The van der Waals surface area contributed by atoms with Crippen LogP contribution in [0.2, 0.25) is 0 Å². The molecule has 2 N–H and O–H groups in total. The number of nitrogens with zero attached hydrogens (tertiary/aromatic N) is 1. The summed E-state index contributed by atoms with van der Waals surface area (Å²) < 4.78 is 5.20. The third kappa shape index (κ3) is 2.87. The third-order valence-electron chi connectivity index (χ3n) is 3.08. The third-order valence-corrected chi connectivity index (χ3v) is 3.08. The molecule has 2 aromatic rings. The highest BCUT2D eigenvalue weighted by Gasteiger charge is 2.10. The highest BCUT2D eigenvalue weighted by molar-refractivity contribution is 5.37. The summed E-state index contributed by atoms with van der Waals surface area (Å²) in [5, 5.41) is 0. The van der Waals surface area contributed by atoms with Crippen LogP contribution in [-0.4, -0.2) is 12.1 Å². The molecule has 1 heterocycles. The molecule has 1 aromatic heterocycles. The number of aryl methyl sites for hydroxylation is 1. The monoisotopic (exact) mass is 242 g/mol. The molecule has 0 aliphatic heterocycles. The molecular weight excluding hydrogens is 224 g/mol. The number of methoxy groups -OCH3 is 1. The van der Waals surface area contributed by atoms with Crippen molar-refractivity contribution in [3.8, 4) is 5.75 Å². The summed E-state index contributed by atoms with van der Waals surface area (Å²) in [4.78, 5) is 4.01. The van der Waals surface area contributed by atoms with Crippen LogP contribution in [0.4, 0.5) is 0 Å². The summed E-state index contributed by atoms with van der Waals surface area (Å²) in [5.41, 5.74) is 9.78. The predicted octanol–water partition coefficient (Wildman–Crippen LogP) is 2.64. The SMILES string of the molecule is COc1ccc(C(N)Cc2ccncc2)c(C)c1. The molecule has 0 aliphatic rings. The Kier molecular flexibility index (Phi) is 3.95. The Labute approximate surface area is 108 Å². The number of hydrogen-bond donors (Lipinski definition) is 1. The average Bonchev–Trinajstić information content (AvgIpc) is 2.39. The molecule has 0 saturated heterocycles. The second kappa shape index (κ2) is 5.65. The van der Waals surface area contributed by atoms with E-state index in [-0.39, 0.29) is 6.04 Å². The van der Waals surface area contributed by atoms with Gasteiger partial charge >= 0.3 is 0 Å². The molecule has 3 heteroatoms. The standard InChI is InChI=1S/C15H18N2O/c1-11-9-13(18-2)3-4-14(11)15(16)10-12-5-7-17-8-6-12/h3-9,15H,10,16H2,1-2H3. The second-order valence-corrected chi connectivity index (χ2v) is 4.39. The molecular formula is C15H18N2O. The van der Waals surface area contributed by atoms with E-state index in [9.17, 15) is 0 Å². The molecule has 0 bridgehead atoms. The van der Waals surface area contributed by atoms with Crippen molar-refractivity contribution < 1.29 is 4.74 Å². The lowest BCUT2D eigenvalue weighted by Crippen LogP contribution is -2.14. The minimum Gasteiger partial charge on any atom is -0.497 e. The van der Waals surface area contributed by atoms with Crippen LogP contribution in [0, 0.1) is 6.92 Å². The molecule has 1 unspecified atom stereocenters. The van der Waals surface area contributed by atoms with Gasteiger partial charge in [-0.2, -0.15) is 0 Å². The second-order valence-electron chi connectivity index (χ2n) is 4.39. The van der Waals surface area contributed by atoms with Crippen molar-refractivity contribution in [3.05, 3.63) is 59.4 Å². The van der Waals surface area contributed by atoms with Crippen molar-refractivity contribution in [2.45, 2.75) is 19.4 Å². The first-order valence-electron chi connectivity index (χ1n) is 5.99.